The van der Waals surface area contributed by atoms with Gasteiger partial charge in [-0.2, -0.15) is 0 Å². The van der Waals surface area contributed by atoms with Crippen molar-refractivity contribution in [1.82, 2.24) is 20.2 Å². The third-order valence-electron chi connectivity index (χ3n) is 4.47. The second-order valence-corrected chi connectivity index (χ2v) is 7.19. The normalized spacial score (nSPS) is 12.9. The van der Waals surface area contributed by atoms with E-state index in [4.69, 9.17) is 0 Å². The number of pyridine rings is 1. The lowest BCUT2D eigenvalue weighted by molar-refractivity contribution is 0.912. The number of hydrogen-bond acceptors (Lipinski definition) is 7. The van der Waals surface area contributed by atoms with E-state index in [1.165, 1.54) is 11.1 Å². The quantitative estimate of drug-likeness (QED) is 0.560. The molecular formula is C19H16N6S. The zero-order chi connectivity index (χ0) is 17.3. The Hall–Kier alpha value is -3.06. The van der Waals surface area contributed by atoms with Crippen LogP contribution in [-0.2, 0) is 12.8 Å². The highest BCUT2D eigenvalue weighted by atomic mass is 32.1. The smallest absolute Gasteiger partial charge is 0.189 e. The van der Waals surface area contributed by atoms with Gasteiger partial charge in [0.05, 0.1) is 10.2 Å². The van der Waals surface area contributed by atoms with Crippen LogP contribution >= 0.6 is 11.3 Å². The molecule has 0 radical (unpaired) electrons. The van der Waals surface area contributed by atoms with Crippen LogP contribution in [0.4, 0.5) is 22.6 Å². The summed E-state index contributed by atoms with van der Waals surface area (Å²) in [7, 11) is 0. The maximum atomic E-state index is 4.64. The molecule has 0 spiro atoms. The third-order valence-corrected chi connectivity index (χ3v) is 5.42. The zero-order valence-electron chi connectivity index (χ0n) is 13.9. The maximum Gasteiger partial charge on any atom is 0.189 e. The highest BCUT2D eigenvalue weighted by molar-refractivity contribution is 7.22. The van der Waals surface area contributed by atoms with E-state index in [0.29, 0.717) is 0 Å². The summed E-state index contributed by atoms with van der Waals surface area (Å²) in [6.07, 6.45) is 4.86. The summed E-state index contributed by atoms with van der Waals surface area (Å²) < 4.78 is 1.16. The molecule has 1 aliphatic rings. The van der Waals surface area contributed by atoms with Gasteiger partial charge in [-0.15, -0.1) is 10.2 Å². The summed E-state index contributed by atoms with van der Waals surface area (Å²) in [4.78, 5) is 8.95. The maximum absolute atomic E-state index is 4.64. The number of fused-ring (bicyclic) bond motifs is 2. The van der Waals surface area contributed by atoms with E-state index in [0.717, 1.165) is 52.1 Å². The Morgan fingerprint density at radius 3 is 2.38 bits per heavy atom. The molecule has 0 amide bonds. The number of anilines is 4. The molecule has 0 saturated heterocycles. The average Bonchev–Trinajstić information content (AvgIpc) is 3.31. The van der Waals surface area contributed by atoms with E-state index < -0.39 is 0 Å². The largest absolute Gasteiger partial charge is 0.323 e. The minimum atomic E-state index is 0.780. The van der Waals surface area contributed by atoms with Crippen molar-refractivity contribution in [1.29, 1.82) is 0 Å². The van der Waals surface area contributed by atoms with Gasteiger partial charge < -0.3 is 10.6 Å². The fourth-order valence-corrected chi connectivity index (χ4v) is 4.14. The molecule has 3 aromatic heterocycles. The second kappa shape index (κ2) is 6.34. The molecule has 0 saturated carbocycles. The highest BCUT2D eigenvalue weighted by Crippen LogP contribution is 2.35. The molecule has 5 rings (SSSR count). The summed E-state index contributed by atoms with van der Waals surface area (Å²) in [5.74, 6) is 2.39. The number of thiazole rings is 1. The van der Waals surface area contributed by atoms with E-state index in [2.05, 4.69) is 36.9 Å². The van der Waals surface area contributed by atoms with Crippen LogP contribution < -0.4 is 10.6 Å². The van der Waals surface area contributed by atoms with Crippen molar-refractivity contribution >= 4 is 44.1 Å². The lowest BCUT2D eigenvalue weighted by Crippen LogP contribution is -2.06. The molecule has 0 unspecified atom stereocenters. The third kappa shape index (κ3) is 2.76. The van der Waals surface area contributed by atoms with Crippen LogP contribution in [0.15, 0.2) is 48.7 Å². The number of rotatable bonds is 4. The number of nitrogens with one attached hydrogen (secondary N) is 2. The molecule has 0 atom stereocenters. The fraction of sp³-hybridized carbons (Fsp3) is 0.158. The van der Waals surface area contributed by atoms with Crippen molar-refractivity contribution in [3.05, 3.63) is 59.8 Å². The van der Waals surface area contributed by atoms with Gasteiger partial charge in [-0.05, 0) is 43.5 Å². The molecule has 26 heavy (non-hydrogen) atoms. The van der Waals surface area contributed by atoms with Crippen LogP contribution in [0.3, 0.4) is 0 Å². The van der Waals surface area contributed by atoms with Crippen LogP contribution in [0.5, 0.6) is 0 Å². The fourth-order valence-electron chi connectivity index (χ4n) is 3.27. The summed E-state index contributed by atoms with van der Waals surface area (Å²) in [6.45, 7) is 0. The van der Waals surface area contributed by atoms with Gasteiger partial charge in [-0.3, -0.25) is 0 Å². The number of nitrogens with zero attached hydrogens (tertiary/aromatic N) is 4. The van der Waals surface area contributed by atoms with Gasteiger partial charge in [0.1, 0.15) is 5.82 Å². The van der Waals surface area contributed by atoms with Gasteiger partial charge in [0, 0.05) is 17.3 Å². The van der Waals surface area contributed by atoms with E-state index in [9.17, 15) is 0 Å². The Morgan fingerprint density at radius 1 is 0.846 bits per heavy atom. The SMILES string of the molecule is c1ccc(Nc2nnc(Nc3nc4ccccc4s3)c3c2CCC3)nc1. The van der Waals surface area contributed by atoms with Crippen molar-refractivity contribution in [2.45, 2.75) is 19.3 Å². The zero-order valence-corrected chi connectivity index (χ0v) is 14.8. The van der Waals surface area contributed by atoms with Gasteiger partial charge in [0.2, 0.25) is 0 Å². The first-order valence-electron chi connectivity index (χ1n) is 8.56. The molecule has 4 aromatic rings. The van der Waals surface area contributed by atoms with Crippen LogP contribution in [0.1, 0.15) is 17.5 Å². The summed E-state index contributed by atoms with van der Waals surface area (Å²) in [5.41, 5.74) is 3.44. The number of hydrogen-bond donors (Lipinski definition) is 2. The Labute approximate surface area is 154 Å². The molecule has 0 fully saturated rings. The summed E-state index contributed by atoms with van der Waals surface area (Å²) in [5, 5.41) is 16.3. The molecule has 0 aliphatic heterocycles. The number of aromatic nitrogens is 4. The van der Waals surface area contributed by atoms with Gasteiger partial charge in [0.15, 0.2) is 16.8 Å². The molecule has 6 nitrogen and oxygen atoms in total. The van der Waals surface area contributed by atoms with Gasteiger partial charge in [0.25, 0.3) is 0 Å². The van der Waals surface area contributed by atoms with E-state index in [1.54, 1.807) is 17.5 Å². The highest BCUT2D eigenvalue weighted by Gasteiger charge is 2.22. The van der Waals surface area contributed by atoms with Gasteiger partial charge >= 0.3 is 0 Å². The molecular weight excluding hydrogens is 344 g/mol. The summed E-state index contributed by atoms with van der Waals surface area (Å²) in [6, 6.07) is 13.9. The van der Waals surface area contributed by atoms with Gasteiger partial charge in [-0.25, -0.2) is 9.97 Å². The Bertz CT molecular complexity index is 1040. The van der Waals surface area contributed by atoms with Crippen molar-refractivity contribution in [3.63, 3.8) is 0 Å². The van der Waals surface area contributed by atoms with E-state index in [-0.39, 0.29) is 0 Å². The minimum absolute atomic E-state index is 0.780. The Balaban J connectivity index is 1.47. The predicted octanol–water partition coefficient (Wildman–Crippen LogP) is 4.46. The van der Waals surface area contributed by atoms with Gasteiger partial charge in [-0.1, -0.05) is 29.5 Å². The van der Waals surface area contributed by atoms with Crippen molar-refractivity contribution < 1.29 is 0 Å². The standard InChI is InChI=1S/C19H16N6S/c1-2-9-15-14(8-1)21-19(26-15)23-18-13-7-5-6-12(13)17(24-25-18)22-16-10-3-4-11-20-16/h1-4,8-11H,5-7H2,(H,20,22,24)(H,21,23,25). The Kier molecular flexibility index (Phi) is 3.71. The monoisotopic (exact) mass is 360 g/mol. The molecule has 0 bridgehead atoms. The second-order valence-electron chi connectivity index (χ2n) is 6.16. The van der Waals surface area contributed by atoms with Crippen molar-refractivity contribution in [2.75, 3.05) is 10.6 Å². The number of para-hydroxylation sites is 1. The molecule has 7 heteroatoms. The predicted molar refractivity (Wildman–Crippen MR) is 104 cm³/mol. The van der Waals surface area contributed by atoms with E-state index >= 15 is 0 Å². The molecule has 1 aliphatic carbocycles. The minimum Gasteiger partial charge on any atom is -0.323 e. The molecule has 2 N–H and O–H groups in total. The Morgan fingerprint density at radius 2 is 1.62 bits per heavy atom. The first-order chi connectivity index (χ1) is 12.9. The lowest BCUT2D eigenvalue weighted by atomic mass is 10.2. The van der Waals surface area contributed by atoms with E-state index in [1.807, 2.05) is 36.4 Å². The van der Waals surface area contributed by atoms with Crippen LogP contribution in [0.25, 0.3) is 10.2 Å². The van der Waals surface area contributed by atoms with Crippen LogP contribution in [0.2, 0.25) is 0 Å². The molecule has 3 heterocycles. The first kappa shape index (κ1) is 15.2. The summed E-state index contributed by atoms with van der Waals surface area (Å²) >= 11 is 1.63. The van der Waals surface area contributed by atoms with Crippen LogP contribution in [-0.4, -0.2) is 20.2 Å². The first-order valence-corrected chi connectivity index (χ1v) is 9.37. The average molecular weight is 360 g/mol. The van der Waals surface area contributed by atoms with Crippen molar-refractivity contribution in [3.8, 4) is 0 Å². The van der Waals surface area contributed by atoms with Crippen molar-refractivity contribution in [2.24, 2.45) is 0 Å². The molecule has 1 aromatic carbocycles. The number of benzene rings is 1. The van der Waals surface area contributed by atoms with Crippen LogP contribution in [0, 0.1) is 0 Å². The lowest BCUT2D eigenvalue weighted by Gasteiger charge is -2.12. The molecule has 128 valence electrons. The topological polar surface area (TPSA) is 75.6 Å².